The van der Waals surface area contributed by atoms with Crippen molar-refractivity contribution in [2.24, 2.45) is 0 Å². The molecule has 1 aromatic rings. The largest absolute Gasteiger partial charge is 0.478 e. The molecular weight excluding hydrogens is 245 g/mol. The predicted molar refractivity (Wildman–Crippen MR) is 41.2 cm³/mol. The van der Waals surface area contributed by atoms with E-state index in [1.165, 1.54) is 12.1 Å². The fourth-order valence-electron chi connectivity index (χ4n) is 0.588. The number of nitrogens with zero attached hydrogens (tertiary/aromatic N) is 1. The maximum Gasteiger partial charge on any atom is 0.335 e. The Hall–Kier alpha value is -0.281. The summed E-state index contributed by atoms with van der Waals surface area (Å²) in [4.78, 5) is 13.9. The Morgan fingerprint density at radius 1 is 1.33 bits per heavy atom. The average Bonchev–Trinajstić information content (AvgIpc) is 1.85. The van der Waals surface area contributed by atoms with Crippen molar-refractivity contribution in [3.63, 3.8) is 0 Å². The number of carbonyl (C=O) groups is 1. The first-order valence-electron chi connectivity index (χ1n) is 2.66. The zero-order chi connectivity index (χ0) is 8.43. The van der Waals surface area contributed by atoms with Gasteiger partial charge in [0.05, 0.1) is 5.56 Å². The molecule has 0 amide bonds. The molecule has 0 aliphatic rings. The summed E-state index contributed by atoms with van der Waals surface area (Å²) in [5.74, 6) is -1.07. The van der Waals surface area contributed by atoms with E-state index in [1.54, 1.807) is 0 Å². The minimum atomic E-state index is -1.07. The summed E-state index contributed by atoms with van der Waals surface area (Å²) in [6.07, 6.45) is 0. The molecule has 0 unspecified atom stereocenters. The van der Waals surface area contributed by atoms with E-state index < -0.39 is 5.97 Å². The summed E-state index contributed by atoms with van der Waals surface area (Å²) in [6, 6.07) is 2.46. The Labute approximate surface area is 89.2 Å². The van der Waals surface area contributed by atoms with Crippen molar-refractivity contribution in [2.75, 3.05) is 0 Å². The van der Waals surface area contributed by atoms with E-state index in [-0.39, 0.29) is 32.9 Å². The van der Waals surface area contributed by atoms with Crippen LogP contribution in [0.4, 0.5) is 0 Å². The van der Waals surface area contributed by atoms with Gasteiger partial charge in [-0.05, 0) is 12.1 Å². The molecule has 66 valence electrons. The van der Waals surface area contributed by atoms with Crippen molar-refractivity contribution in [3.8, 4) is 0 Å². The van der Waals surface area contributed by atoms with Gasteiger partial charge < -0.3 is 5.11 Å². The topological polar surface area (TPSA) is 50.2 Å². The van der Waals surface area contributed by atoms with Gasteiger partial charge in [0.2, 0.25) is 0 Å². The Bertz CT molecular complexity index is 285. The summed E-state index contributed by atoms with van der Waals surface area (Å²) in [5.41, 5.74) is 0.0370. The third-order valence-corrected chi connectivity index (χ3v) is 1.40. The van der Waals surface area contributed by atoms with E-state index >= 15 is 0 Å². The zero-order valence-corrected chi connectivity index (χ0v) is 8.18. The Morgan fingerprint density at radius 3 is 2.08 bits per heavy atom. The van der Waals surface area contributed by atoms with Crippen LogP contribution in [0, 0.1) is 0 Å². The molecule has 1 N–H and O–H groups in total. The first kappa shape index (κ1) is 11.7. The second-order valence-electron chi connectivity index (χ2n) is 1.81. The van der Waals surface area contributed by atoms with Gasteiger partial charge in [-0.25, -0.2) is 9.78 Å². The van der Waals surface area contributed by atoms with Crippen LogP contribution in [0.25, 0.3) is 0 Å². The van der Waals surface area contributed by atoms with Crippen LogP contribution in [0.3, 0.4) is 0 Å². The van der Waals surface area contributed by atoms with Crippen LogP contribution in [-0.2, 0) is 17.1 Å². The number of carboxylic acid groups (broad SMARTS) is 1. The summed E-state index contributed by atoms with van der Waals surface area (Å²) in [5, 5.41) is 8.65. The average molecular weight is 248 g/mol. The second kappa shape index (κ2) is 4.67. The van der Waals surface area contributed by atoms with E-state index in [0.717, 1.165) is 0 Å². The molecule has 0 atom stereocenters. The maximum atomic E-state index is 10.4. The zero-order valence-electron chi connectivity index (χ0n) is 5.57. The molecule has 0 aromatic carbocycles. The summed E-state index contributed by atoms with van der Waals surface area (Å²) >= 11 is 10.9. The summed E-state index contributed by atoms with van der Waals surface area (Å²) in [7, 11) is 0. The first-order valence-corrected chi connectivity index (χ1v) is 3.41. The molecule has 0 spiro atoms. The number of halogens is 2. The monoisotopic (exact) mass is 247 g/mol. The fourth-order valence-corrected chi connectivity index (χ4v) is 1.05. The van der Waals surface area contributed by atoms with Crippen molar-refractivity contribution >= 4 is 29.2 Å². The maximum absolute atomic E-state index is 10.4. The molecular formula is C6H3Cl2FeNO2. The van der Waals surface area contributed by atoms with E-state index in [9.17, 15) is 4.79 Å². The van der Waals surface area contributed by atoms with Crippen molar-refractivity contribution in [1.29, 1.82) is 0 Å². The third-order valence-electron chi connectivity index (χ3n) is 1.01. The van der Waals surface area contributed by atoms with Crippen LogP contribution >= 0.6 is 23.2 Å². The smallest absolute Gasteiger partial charge is 0.335 e. The minimum absolute atomic E-state index is 0. The van der Waals surface area contributed by atoms with Crippen LogP contribution < -0.4 is 0 Å². The van der Waals surface area contributed by atoms with Crippen molar-refractivity contribution < 1.29 is 27.0 Å². The molecule has 0 bridgehead atoms. The van der Waals surface area contributed by atoms with Crippen molar-refractivity contribution in [2.45, 2.75) is 0 Å². The molecule has 12 heavy (non-hydrogen) atoms. The van der Waals surface area contributed by atoms with Gasteiger partial charge in [0.25, 0.3) is 0 Å². The Kier molecular flexibility index (Phi) is 4.56. The molecule has 1 heterocycles. The molecule has 0 saturated heterocycles. The van der Waals surface area contributed by atoms with Gasteiger partial charge >= 0.3 is 5.97 Å². The van der Waals surface area contributed by atoms with Gasteiger partial charge in [-0.1, -0.05) is 23.2 Å². The molecule has 0 fully saturated rings. The molecule has 1 aromatic heterocycles. The van der Waals surface area contributed by atoms with Crippen LogP contribution in [0.15, 0.2) is 12.1 Å². The number of rotatable bonds is 1. The van der Waals surface area contributed by atoms with Gasteiger partial charge in [0.1, 0.15) is 10.3 Å². The van der Waals surface area contributed by atoms with E-state index in [0.29, 0.717) is 0 Å². The van der Waals surface area contributed by atoms with Crippen LogP contribution in [-0.4, -0.2) is 16.1 Å². The van der Waals surface area contributed by atoms with E-state index in [4.69, 9.17) is 28.3 Å². The molecule has 0 aliphatic carbocycles. The van der Waals surface area contributed by atoms with Crippen LogP contribution in [0.2, 0.25) is 10.3 Å². The number of carboxylic acids is 1. The Balaban J connectivity index is 0.00000121. The van der Waals surface area contributed by atoms with Gasteiger partial charge in [0.15, 0.2) is 0 Å². The van der Waals surface area contributed by atoms with Crippen molar-refractivity contribution in [1.82, 2.24) is 4.98 Å². The number of aromatic nitrogens is 1. The van der Waals surface area contributed by atoms with Gasteiger partial charge in [-0.2, -0.15) is 0 Å². The third kappa shape index (κ3) is 2.99. The normalized spacial score (nSPS) is 8.83. The number of aromatic carboxylic acids is 1. The van der Waals surface area contributed by atoms with Crippen LogP contribution in [0.5, 0.6) is 0 Å². The SMILES string of the molecule is O=C(O)c1cc(Cl)nc(Cl)c1.[Fe]. The van der Waals surface area contributed by atoms with Crippen molar-refractivity contribution in [3.05, 3.63) is 28.0 Å². The number of hydrogen-bond donors (Lipinski definition) is 1. The second-order valence-corrected chi connectivity index (χ2v) is 2.58. The quantitative estimate of drug-likeness (QED) is 0.611. The molecule has 3 nitrogen and oxygen atoms in total. The minimum Gasteiger partial charge on any atom is -0.478 e. The standard InChI is InChI=1S/C6H3Cl2NO2.Fe/c7-4-1-3(6(10)11)2-5(8)9-4;/h1-2H,(H,10,11);. The van der Waals surface area contributed by atoms with Gasteiger partial charge in [-0.3, -0.25) is 0 Å². The fraction of sp³-hybridized carbons (Fsp3) is 0. The molecule has 0 radical (unpaired) electrons. The summed E-state index contributed by atoms with van der Waals surface area (Å²) < 4.78 is 0. The molecule has 0 saturated carbocycles. The number of pyridine rings is 1. The molecule has 0 aliphatic heterocycles. The van der Waals surface area contributed by atoms with E-state index in [1.807, 2.05) is 0 Å². The number of hydrogen-bond acceptors (Lipinski definition) is 2. The predicted octanol–water partition coefficient (Wildman–Crippen LogP) is 2.08. The Morgan fingerprint density at radius 2 is 1.75 bits per heavy atom. The van der Waals surface area contributed by atoms with Crippen LogP contribution in [0.1, 0.15) is 10.4 Å². The summed E-state index contributed by atoms with van der Waals surface area (Å²) in [6.45, 7) is 0. The molecule has 6 heteroatoms. The molecule has 1 rings (SSSR count). The van der Waals surface area contributed by atoms with Gasteiger partial charge in [0, 0.05) is 17.1 Å². The first-order chi connectivity index (χ1) is 5.09. The van der Waals surface area contributed by atoms with E-state index in [2.05, 4.69) is 4.98 Å². The van der Waals surface area contributed by atoms with Gasteiger partial charge in [-0.15, -0.1) is 0 Å².